The maximum absolute atomic E-state index is 13.8. The van der Waals surface area contributed by atoms with Gasteiger partial charge in [-0.2, -0.15) is 0 Å². The van der Waals surface area contributed by atoms with Crippen LogP contribution in [0.5, 0.6) is 0 Å². The number of aromatic nitrogens is 2. The van der Waals surface area contributed by atoms with Crippen molar-refractivity contribution in [3.8, 4) is 0 Å². The third-order valence-corrected chi connectivity index (χ3v) is 5.58. The van der Waals surface area contributed by atoms with E-state index in [2.05, 4.69) is 9.97 Å². The smallest absolute Gasteiger partial charge is 0.348 e. The van der Waals surface area contributed by atoms with E-state index in [-0.39, 0.29) is 23.2 Å². The zero-order valence-electron chi connectivity index (χ0n) is 14.9. The highest BCUT2D eigenvalue weighted by atomic mass is 32.1. The topological polar surface area (TPSA) is 75.6 Å². The number of halogens is 1. The van der Waals surface area contributed by atoms with Crippen LogP contribution in [0.2, 0.25) is 0 Å². The van der Waals surface area contributed by atoms with Crippen molar-refractivity contribution in [3.63, 3.8) is 0 Å². The summed E-state index contributed by atoms with van der Waals surface area (Å²) >= 11 is 1.14. The van der Waals surface area contributed by atoms with Crippen LogP contribution in [0.15, 0.2) is 42.7 Å². The molecule has 0 saturated carbocycles. The summed E-state index contributed by atoms with van der Waals surface area (Å²) in [7, 11) is 0. The number of ether oxygens (including phenoxy) is 1. The van der Waals surface area contributed by atoms with Gasteiger partial charge < -0.3 is 14.5 Å². The van der Waals surface area contributed by atoms with Crippen molar-refractivity contribution in [3.05, 3.63) is 53.4 Å². The molecule has 4 rings (SSSR count). The van der Waals surface area contributed by atoms with Gasteiger partial charge in [-0.15, -0.1) is 11.3 Å². The van der Waals surface area contributed by atoms with Crippen molar-refractivity contribution >= 4 is 39.2 Å². The summed E-state index contributed by atoms with van der Waals surface area (Å²) in [6, 6.07) is 7.88. The minimum atomic E-state index is -0.620. The van der Waals surface area contributed by atoms with Gasteiger partial charge in [0.15, 0.2) is 6.61 Å². The van der Waals surface area contributed by atoms with Crippen LogP contribution >= 0.6 is 11.3 Å². The van der Waals surface area contributed by atoms with Crippen LogP contribution in [0, 0.1) is 5.82 Å². The average molecular weight is 400 g/mol. The molecular formula is C19H17FN4O3S. The van der Waals surface area contributed by atoms with E-state index in [4.69, 9.17) is 4.74 Å². The molecule has 1 saturated heterocycles. The van der Waals surface area contributed by atoms with Crippen molar-refractivity contribution in [1.29, 1.82) is 0 Å². The lowest BCUT2D eigenvalue weighted by Gasteiger charge is -2.34. The van der Waals surface area contributed by atoms with Gasteiger partial charge in [0.2, 0.25) is 5.95 Å². The van der Waals surface area contributed by atoms with Crippen LogP contribution in [0.1, 0.15) is 9.67 Å². The highest BCUT2D eigenvalue weighted by Gasteiger charge is 2.24. The van der Waals surface area contributed by atoms with Crippen molar-refractivity contribution < 1.29 is 18.7 Å². The Balaban J connectivity index is 1.30. The number of piperazine rings is 1. The Morgan fingerprint density at radius 1 is 1.11 bits per heavy atom. The van der Waals surface area contributed by atoms with Crippen molar-refractivity contribution in [2.45, 2.75) is 0 Å². The van der Waals surface area contributed by atoms with Crippen LogP contribution in [0.3, 0.4) is 0 Å². The quantitative estimate of drug-likeness (QED) is 0.626. The molecule has 0 spiro atoms. The second kappa shape index (κ2) is 7.89. The average Bonchev–Trinajstić information content (AvgIpc) is 3.18. The summed E-state index contributed by atoms with van der Waals surface area (Å²) in [5.74, 6) is -0.623. The second-order valence-corrected chi connectivity index (χ2v) is 7.34. The van der Waals surface area contributed by atoms with Gasteiger partial charge in [0.1, 0.15) is 10.7 Å². The molecule has 1 aliphatic heterocycles. The number of esters is 1. The summed E-state index contributed by atoms with van der Waals surface area (Å²) in [5, 5.41) is 0.380. The fraction of sp³-hybridized carbons (Fsp3) is 0.263. The van der Waals surface area contributed by atoms with E-state index in [1.54, 1.807) is 35.5 Å². The highest BCUT2D eigenvalue weighted by Crippen LogP contribution is 2.28. The molecule has 7 nitrogen and oxygen atoms in total. The first-order valence-electron chi connectivity index (χ1n) is 8.77. The lowest BCUT2D eigenvalue weighted by atomic mass is 10.2. The third kappa shape index (κ3) is 3.79. The van der Waals surface area contributed by atoms with Gasteiger partial charge in [-0.1, -0.05) is 6.07 Å². The molecule has 0 unspecified atom stereocenters. The molecule has 0 atom stereocenters. The third-order valence-electron chi connectivity index (χ3n) is 4.50. The van der Waals surface area contributed by atoms with E-state index in [1.807, 2.05) is 4.90 Å². The monoisotopic (exact) mass is 400 g/mol. The molecule has 0 bridgehead atoms. The van der Waals surface area contributed by atoms with Gasteiger partial charge in [-0.25, -0.2) is 19.2 Å². The maximum atomic E-state index is 13.8. The minimum absolute atomic E-state index is 0.255. The van der Waals surface area contributed by atoms with E-state index in [0.29, 0.717) is 42.2 Å². The molecule has 9 heteroatoms. The SMILES string of the molecule is O=C(OCC(=O)N1CCN(c2ncccn2)CC1)c1cc2c(F)cccc2s1. The Labute approximate surface area is 164 Å². The number of benzene rings is 1. The zero-order chi connectivity index (χ0) is 19.5. The van der Waals surface area contributed by atoms with E-state index in [1.165, 1.54) is 12.1 Å². The number of carbonyl (C=O) groups is 2. The largest absolute Gasteiger partial charge is 0.451 e. The van der Waals surface area contributed by atoms with Crippen molar-refractivity contribution in [2.75, 3.05) is 37.7 Å². The van der Waals surface area contributed by atoms with Gasteiger partial charge in [0, 0.05) is 48.7 Å². The lowest BCUT2D eigenvalue weighted by Crippen LogP contribution is -2.50. The number of anilines is 1. The predicted molar refractivity (Wildman–Crippen MR) is 103 cm³/mol. The number of nitrogens with zero attached hydrogens (tertiary/aromatic N) is 4. The number of hydrogen-bond donors (Lipinski definition) is 0. The fourth-order valence-corrected chi connectivity index (χ4v) is 3.99. The van der Waals surface area contributed by atoms with Crippen LogP contribution < -0.4 is 4.90 Å². The molecular weight excluding hydrogens is 383 g/mol. The number of carbonyl (C=O) groups excluding carboxylic acids is 2. The van der Waals surface area contributed by atoms with Crippen molar-refractivity contribution in [2.24, 2.45) is 0 Å². The van der Waals surface area contributed by atoms with Crippen LogP contribution in [-0.2, 0) is 9.53 Å². The molecule has 1 fully saturated rings. The summed E-state index contributed by atoms with van der Waals surface area (Å²) in [5.41, 5.74) is 0. The summed E-state index contributed by atoms with van der Waals surface area (Å²) < 4.78 is 19.6. The first-order valence-corrected chi connectivity index (χ1v) is 9.58. The molecule has 3 heterocycles. The standard InChI is InChI=1S/C19H17FN4O3S/c20-14-3-1-4-15-13(14)11-16(28-15)18(26)27-12-17(25)23-7-9-24(10-8-23)19-21-5-2-6-22-19/h1-6,11H,7-10,12H2. The Kier molecular flexibility index (Phi) is 5.16. The highest BCUT2D eigenvalue weighted by molar-refractivity contribution is 7.20. The molecule has 28 heavy (non-hydrogen) atoms. The number of rotatable bonds is 4. The van der Waals surface area contributed by atoms with E-state index in [9.17, 15) is 14.0 Å². The minimum Gasteiger partial charge on any atom is -0.451 e. The predicted octanol–water partition coefficient (Wildman–Crippen LogP) is 2.34. The van der Waals surface area contributed by atoms with Crippen LogP contribution in [0.25, 0.3) is 10.1 Å². The molecule has 2 aromatic heterocycles. The normalized spacial score (nSPS) is 14.3. The van der Waals surface area contributed by atoms with Gasteiger partial charge in [-0.05, 0) is 24.3 Å². The van der Waals surface area contributed by atoms with E-state index < -0.39 is 5.97 Å². The van der Waals surface area contributed by atoms with Crippen LogP contribution in [-0.4, -0.2) is 59.5 Å². The van der Waals surface area contributed by atoms with E-state index in [0.717, 1.165) is 11.3 Å². The van der Waals surface area contributed by atoms with Gasteiger partial charge in [0.25, 0.3) is 5.91 Å². The molecule has 1 aliphatic rings. The molecule has 1 amide bonds. The van der Waals surface area contributed by atoms with Gasteiger partial charge in [-0.3, -0.25) is 4.79 Å². The number of hydrogen-bond acceptors (Lipinski definition) is 7. The summed E-state index contributed by atoms with van der Waals surface area (Å²) in [4.78, 5) is 36.9. The van der Waals surface area contributed by atoms with Gasteiger partial charge in [0.05, 0.1) is 0 Å². The molecule has 0 aliphatic carbocycles. The molecule has 144 valence electrons. The zero-order valence-corrected chi connectivity index (χ0v) is 15.7. The Hall–Kier alpha value is -3.07. The maximum Gasteiger partial charge on any atom is 0.348 e. The number of amides is 1. The lowest BCUT2D eigenvalue weighted by molar-refractivity contribution is -0.134. The Morgan fingerprint density at radius 2 is 1.86 bits per heavy atom. The first kappa shape index (κ1) is 18.3. The molecule has 0 N–H and O–H groups in total. The first-order chi connectivity index (χ1) is 13.6. The number of thiophene rings is 1. The molecule has 3 aromatic rings. The molecule has 1 aromatic carbocycles. The van der Waals surface area contributed by atoms with E-state index >= 15 is 0 Å². The van der Waals surface area contributed by atoms with Crippen LogP contribution in [0.4, 0.5) is 10.3 Å². The van der Waals surface area contributed by atoms with Crippen molar-refractivity contribution in [1.82, 2.24) is 14.9 Å². The fourth-order valence-electron chi connectivity index (χ4n) is 3.03. The molecule has 0 radical (unpaired) electrons. The summed E-state index contributed by atoms with van der Waals surface area (Å²) in [6.07, 6.45) is 3.36. The number of fused-ring (bicyclic) bond motifs is 1. The summed E-state index contributed by atoms with van der Waals surface area (Å²) in [6.45, 7) is 1.89. The Bertz CT molecular complexity index is 1000. The van der Waals surface area contributed by atoms with Gasteiger partial charge >= 0.3 is 5.97 Å². The Morgan fingerprint density at radius 3 is 2.57 bits per heavy atom. The second-order valence-electron chi connectivity index (χ2n) is 6.26.